The van der Waals surface area contributed by atoms with Crippen LogP contribution in [0.15, 0.2) is 16.4 Å². The number of hydrogen-bond acceptors (Lipinski definition) is 3. The van der Waals surface area contributed by atoms with Crippen LogP contribution < -0.4 is 10.6 Å². The van der Waals surface area contributed by atoms with E-state index in [9.17, 15) is 9.59 Å². The predicted octanol–water partition coefficient (Wildman–Crippen LogP) is -0.581. The molecule has 0 fully saturated rings. The van der Waals surface area contributed by atoms with E-state index in [0.29, 0.717) is 33.9 Å². The molecule has 0 aliphatic heterocycles. The number of allylic oxidation sites excluding steroid dienone is 1. The third-order valence-electron chi connectivity index (χ3n) is 3.48. The first kappa shape index (κ1) is 13.3. The summed E-state index contributed by atoms with van der Waals surface area (Å²) in [6.07, 6.45) is 0. The number of ether oxygens (including phenoxy) is 1. The van der Waals surface area contributed by atoms with Gasteiger partial charge in [0.1, 0.15) is 7.05 Å². The second kappa shape index (κ2) is 4.50. The van der Waals surface area contributed by atoms with Gasteiger partial charge < -0.3 is 9.30 Å². The molecule has 0 saturated carbocycles. The fourth-order valence-corrected chi connectivity index (χ4v) is 2.51. The van der Waals surface area contributed by atoms with Crippen molar-refractivity contribution >= 4 is 17.3 Å². The number of methoxy groups -OCH3 is 1. The Hall–Kier alpha value is -2.17. The van der Waals surface area contributed by atoms with Crippen molar-refractivity contribution in [3.05, 3.63) is 38.8 Å². The Kier molecular flexibility index (Phi) is 3.14. The molecule has 0 spiro atoms. The number of ketones is 1. The number of carbonyl (C=O) groups is 1. The SMILES string of the molecule is C[NH+]=C1C(=O)c2c(C)cc(=O)n(C)c2C(OC)=C1C. The highest BCUT2D eigenvalue weighted by atomic mass is 16.5. The normalized spacial score (nSPS) is 16.9. The van der Waals surface area contributed by atoms with Crippen molar-refractivity contribution in [1.82, 2.24) is 4.57 Å². The van der Waals surface area contributed by atoms with Crippen molar-refractivity contribution < 1.29 is 14.5 Å². The third kappa shape index (κ3) is 1.73. The van der Waals surface area contributed by atoms with E-state index >= 15 is 0 Å². The summed E-state index contributed by atoms with van der Waals surface area (Å²) in [5.74, 6) is 0.450. The zero-order chi connectivity index (χ0) is 14.3. The number of hydrogen-bond donors (Lipinski definition) is 1. The highest BCUT2D eigenvalue weighted by Crippen LogP contribution is 2.29. The molecule has 0 bridgehead atoms. The topological polar surface area (TPSA) is 62.3 Å². The van der Waals surface area contributed by atoms with Gasteiger partial charge >= 0.3 is 0 Å². The maximum atomic E-state index is 12.5. The number of nitrogens with zero attached hydrogens (tertiary/aromatic N) is 1. The van der Waals surface area contributed by atoms with Crippen molar-refractivity contribution in [2.75, 3.05) is 14.2 Å². The molecule has 0 aromatic carbocycles. The summed E-state index contributed by atoms with van der Waals surface area (Å²) in [5, 5.41) is 0. The van der Waals surface area contributed by atoms with Crippen LogP contribution in [0.25, 0.3) is 5.76 Å². The predicted molar refractivity (Wildman–Crippen MR) is 72.2 cm³/mol. The highest BCUT2D eigenvalue weighted by Gasteiger charge is 2.36. The Bertz CT molecular complexity index is 693. The number of rotatable bonds is 1. The molecular weight excluding hydrogens is 244 g/mol. The zero-order valence-corrected chi connectivity index (χ0v) is 11.7. The van der Waals surface area contributed by atoms with Crippen molar-refractivity contribution in [2.24, 2.45) is 7.05 Å². The quantitative estimate of drug-likeness (QED) is 0.735. The summed E-state index contributed by atoms with van der Waals surface area (Å²) in [6, 6.07) is 1.47. The molecule has 1 aromatic rings. The fourth-order valence-electron chi connectivity index (χ4n) is 2.51. The lowest BCUT2D eigenvalue weighted by Crippen LogP contribution is -2.71. The lowest BCUT2D eigenvalue weighted by atomic mass is 9.89. The fraction of sp³-hybridized carbons (Fsp3) is 0.357. The molecule has 1 heterocycles. The van der Waals surface area contributed by atoms with Gasteiger partial charge in [-0.15, -0.1) is 0 Å². The van der Waals surface area contributed by atoms with Crippen LogP contribution in [-0.2, 0) is 11.8 Å². The summed E-state index contributed by atoms with van der Waals surface area (Å²) in [5.41, 5.74) is 2.80. The van der Waals surface area contributed by atoms with Gasteiger partial charge in [0.25, 0.3) is 17.1 Å². The van der Waals surface area contributed by atoms with Crippen molar-refractivity contribution in [1.29, 1.82) is 0 Å². The lowest BCUT2D eigenvalue weighted by Gasteiger charge is -2.22. The van der Waals surface area contributed by atoms with Gasteiger partial charge in [-0.25, -0.2) is 4.99 Å². The van der Waals surface area contributed by atoms with Gasteiger partial charge in [0.15, 0.2) is 5.76 Å². The average molecular weight is 261 g/mol. The van der Waals surface area contributed by atoms with Crippen LogP contribution in [0.1, 0.15) is 28.5 Å². The molecule has 19 heavy (non-hydrogen) atoms. The largest absolute Gasteiger partial charge is 0.494 e. The molecule has 5 nitrogen and oxygen atoms in total. The van der Waals surface area contributed by atoms with E-state index in [1.165, 1.54) is 10.6 Å². The van der Waals surface area contributed by atoms with Crippen molar-refractivity contribution in [2.45, 2.75) is 13.8 Å². The Morgan fingerprint density at radius 3 is 2.42 bits per heavy atom. The second-order valence-electron chi connectivity index (χ2n) is 4.56. The standard InChI is InChI=1S/C14H16N2O3/c1-7-6-9(17)16(4)12-10(7)13(18)11(15-3)8(2)14(12)19-5/h6H,1-5H3/p+1. The maximum Gasteiger partial charge on any atom is 0.259 e. The van der Waals surface area contributed by atoms with E-state index in [4.69, 9.17) is 4.74 Å². The second-order valence-corrected chi connectivity index (χ2v) is 4.56. The lowest BCUT2D eigenvalue weighted by molar-refractivity contribution is -0.417. The molecule has 100 valence electrons. The van der Waals surface area contributed by atoms with Crippen LogP contribution >= 0.6 is 0 Å². The molecular formula is C14H17N2O3+. The van der Waals surface area contributed by atoms with Crippen LogP contribution in [0.3, 0.4) is 0 Å². The number of carbonyl (C=O) groups excluding carboxylic acids is 1. The zero-order valence-electron chi connectivity index (χ0n) is 11.7. The van der Waals surface area contributed by atoms with E-state index < -0.39 is 0 Å². The highest BCUT2D eigenvalue weighted by molar-refractivity contribution is 6.52. The average Bonchev–Trinajstić information content (AvgIpc) is 2.36. The van der Waals surface area contributed by atoms with E-state index in [1.807, 2.05) is 0 Å². The molecule has 0 atom stereocenters. The van der Waals surface area contributed by atoms with Crippen molar-refractivity contribution in [3.63, 3.8) is 0 Å². The first-order valence-electron chi connectivity index (χ1n) is 5.99. The van der Waals surface area contributed by atoms with Crippen LogP contribution in [-0.4, -0.2) is 30.2 Å². The molecule has 0 radical (unpaired) electrons. The van der Waals surface area contributed by atoms with E-state index in [0.717, 1.165) is 0 Å². The minimum Gasteiger partial charge on any atom is -0.494 e. The van der Waals surface area contributed by atoms with E-state index in [1.54, 1.807) is 35.1 Å². The van der Waals surface area contributed by atoms with E-state index in [2.05, 4.69) is 4.99 Å². The molecule has 5 heteroatoms. The van der Waals surface area contributed by atoms with Gasteiger partial charge in [-0.2, -0.15) is 0 Å². The maximum absolute atomic E-state index is 12.5. The van der Waals surface area contributed by atoms with Gasteiger partial charge in [0.05, 0.1) is 23.9 Å². The smallest absolute Gasteiger partial charge is 0.259 e. The summed E-state index contributed by atoms with van der Waals surface area (Å²) in [7, 11) is 4.88. The Morgan fingerprint density at radius 2 is 1.89 bits per heavy atom. The molecule has 0 saturated heterocycles. The first-order valence-corrected chi connectivity index (χ1v) is 5.99. The van der Waals surface area contributed by atoms with Crippen LogP contribution in [0.2, 0.25) is 0 Å². The summed E-state index contributed by atoms with van der Waals surface area (Å²) < 4.78 is 6.86. The van der Waals surface area contributed by atoms with Gasteiger partial charge in [-0.05, 0) is 19.4 Å². The molecule has 1 N–H and O–H groups in total. The number of nitrogens with one attached hydrogen (secondary N) is 1. The van der Waals surface area contributed by atoms with Crippen LogP contribution in [0.4, 0.5) is 0 Å². The van der Waals surface area contributed by atoms with Gasteiger partial charge in [-0.1, -0.05) is 0 Å². The Morgan fingerprint density at radius 1 is 1.26 bits per heavy atom. The Balaban J connectivity index is 2.99. The monoisotopic (exact) mass is 261 g/mol. The molecule has 1 aliphatic rings. The van der Waals surface area contributed by atoms with Crippen LogP contribution in [0.5, 0.6) is 0 Å². The van der Waals surface area contributed by atoms with Gasteiger partial charge in [0.2, 0.25) is 0 Å². The molecule has 1 aromatic heterocycles. The minimum absolute atomic E-state index is 0.107. The van der Waals surface area contributed by atoms with Crippen LogP contribution in [0, 0.1) is 6.92 Å². The summed E-state index contributed by atoms with van der Waals surface area (Å²) in [6.45, 7) is 3.57. The third-order valence-corrected chi connectivity index (χ3v) is 3.48. The summed E-state index contributed by atoms with van der Waals surface area (Å²) >= 11 is 0. The number of pyridine rings is 1. The number of Topliss-reactive ketones (excluding diaryl/α,β-unsaturated/α-hetero) is 1. The number of fused-ring (bicyclic) bond motifs is 1. The van der Waals surface area contributed by atoms with Gasteiger partial charge in [0, 0.05) is 13.1 Å². The molecule has 0 unspecified atom stereocenters. The minimum atomic E-state index is -0.153. The summed E-state index contributed by atoms with van der Waals surface area (Å²) in [4.78, 5) is 27.3. The van der Waals surface area contributed by atoms with Crippen molar-refractivity contribution in [3.8, 4) is 0 Å². The number of aromatic nitrogens is 1. The van der Waals surface area contributed by atoms with E-state index in [-0.39, 0.29) is 11.3 Å². The van der Waals surface area contributed by atoms with Gasteiger partial charge in [-0.3, -0.25) is 9.59 Å². The first-order chi connectivity index (χ1) is 8.93. The number of aryl methyl sites for hydroxylation is 1. The molecule has 2 rings (SSSR count). The molecule has 1 aliphatic carbocycles. The molecule has 0 amide bonds. The Labute approximate surface area is 111 Å².